The van der Waals surface area contributed by atoms with Crippen LogP contribution in [0.3, 0.4) is 0 Å². The van der Waals surface area contributed by atoms with E-state index in [0.717, 1.165) is 0 Å². The molecule has 22 heavy (non-hydrogen) atoms. The summed E-state index contributed by atoms with van der Waals surface area (Å²) in [5, 5.41) is 17.4. The molecule has 0 aromatic carbocycles. The van der Waals surface area contributed by atoms with Crippen molar-refractivity contribution in [3.8, 4) is 0 Å². The molecule has 0 saturated heterocycles. The zero-order valence-corrected chi connectivity index (χ0v) is 12.7. The number of halogens is 8. The molecule has 6 N–H and O–H groups in total. The maximum absolute atomic E-state index is 11.8. The summed E-state index contributed by atoms with van der Waals surface area (Å²) >= 11 is 0. The van der Waals surface area contributed by atoms with Crippen molar-refractivity contribution in [2.45, 2.75) is 61.3 Å². The average Bonchev–Trinajstić information content (AvgIpc) is 2.10. The zero-order chi connectivity index (χ0) is 16.0. The van der Waals surface area contributed by atoms with Crippen LogP contribution < -0.4 is 11.5 Å². The SMILES string of the molecule is Cl.Cl.NC1CC(O)(C(F)(F)F)C1.NC1CC(O)(C(F)(F)F)C1. The zero-order valence-electron chi connectivity index (χ0n) is 11.1. The van der Waals surface area contributed by atoms with Crippen molar-refractivity contribution < 1.29 is 36.6 Å². The van der Waals surface area contributed by atoms with Crippen molar-refractivity contribution in [1.82, 2.24) is 0 Å². The Bertz CT molecular complexity index is 320. The van der Waals surface area contributed by atoms with Gasteiger partial charge in [0.15, 0.2) is 11.2 Å². The third-order valence-corrected chi connectivity index (χ3v) is 3.45. The second kappa shape index (κ2) is 7.27. The molecule has 0 unspecified atom stereocenters. The highest BCUT2D eigenvalue weighted by molar-refractivity contribution is 5.85. The Balaban J connectivity index is 0. The lowest BCUT2D eigenvalue weighted by atomic mass is 9.76. The molecular weight excluding hydrogens is 365 g/mol. The normalized spacial score (nSPS) is 37.4. The van der Waals surface area contributed by atoms with Gasteiger partial charge in [-0.05, 0) is 0 Å². The number of alkyl halides is 6. The van der Waals surface area contributed by atoms with Crippen molar-refractivity contribution in [3.05, 3.63) is 0 Å². The predicted octanol–water partition coefficient (Wildman–Crippen LogP) is 1.65. The van der Waals surface area contributed by atoms with Gasteiger partial charge in [-0.25, -0.2) is 0 Å². The van der Waals surface area contributed by atoms with E-state index < -0.39 is 35.6 Å². The van der Waals surface area contributed by atoms with E-state index in [1.54, 1.807) is 0 Å². The Morgan fingerprint density at radius 3 is 0.909 bits per heavy atom. The molecule has 0 spiro atoms. The Labute approximate surface area is 135 Å². The summed E-state index contributed by atoms with van der Waals surface area (Å²) in [5.41, 5.74) is 5.19. The molecule has 0 heterocycles. The minimum atomic E-state index is -4.51. The van der Waals surface area contributed by atoms with Gasteiger partial charge in [-0.2, -0.15) is 26.3 Å². The van der Waals surface area contributed by atoms with Crippen molar-refractivity contribution in [1.29, 1.82) is 0 Å². The molecule has 0 aliphatic heterocycles. The molecule has 136 valence electrons. The molecule has 2 aliphatic rings. The molecule has 2 aliphatic carbocycles. The van der Waals surface area contributed by atoms with Crippen molar-refractivity contribution in [2.75, 3.05) is 0 Å². The number of aliphatic hydroxyl groups is 2. The van der Waals surface area contributed by atoms with Gasteiger partial charge in [0.2, 0.25) is 0 Å². The van der Waals surface area contributed by atoms with E-state index in [1.807, 2.05) is 0 Å². The number of rotatable bonds is 0. The van der Waals surface area contributed by atoms with Gasteiger partial charge in [0.05, 0.1) is 0 Å². The summed E-state index contributed by atoms with van der Waals surface area (Å²) in [6.45, 7) is 0. The summed E-state index contributed by atoms with van der Waals surface area (Å²) in [6.07, 6.45) is -10.5. The van der Waals surface area contributed by atoms with Crippen molar-refractivity contribution in [3.63, 3.8) is 0 Å². The van der Waals surface area contributed by atoms with E-state index in [0.29, 0.717) is 0 Å². The molecule has 0 bridgehead atoms. The summed E-state index contributed by atoms with van der Waals surface area (Å²) in [5.74, 6) is 0. The maximum atomic E-state index is 11.8. The van der Waals surface area contributed by atoms with Crippen LogP contribution in [0.5, 0.6) is 0 Å². The Morgan fingerprint density at radius 1 is 0.682 bits per heavy atom. The topological polar surface area (TPSA) is 92.5 Å². The molecule has 2 rings (SSSR count). The number of hydrogen-bond donors (Lipinski definition) is 4. The van der Waals surface area contributed by atoms with Gasteiger partial charge in [-0.1, -0.05) is 0 Å². The van der Waals surface area contributed by atoms with E-state index in [1.165, 1.54) is 0 Å². The second-order valence-electron chi connectivity index (χ2n) is 5.40. The van der Waals surface area contributed by atoms with Gasteiger partial charge in [-0.15, -0.1) is 24.8 Å². The molecule has 0 aromatic rings. The quantitative estimate of drug-likeness (QED) is 0.479. The highest BCUT2D eigenvalue weighted by atomic mass is 35.5. The molecule has 12 heteroatoms. The van der Waals surface area contributed by atoms with Crippen LogP contribution in [0, 0.1) is 0 Å². The summed E-state index contributed by atoms with van der Waals surface area (Å²) < 4.78 is 70.5. The Morgan fingerprint density at radius 2 is 0.864 bits per heavy atom. The first-order chi connectivity index (χ1) is 8.70. The first-order valence-electron chi connectivity index (χ1n) is 5.79. The van der Waals surface area contributed by atoms with Crippen molar-refractivity contribution in [2.24, 2.45) is 11.5 Å². The Hall–Kier alpha value is -0.000000000000000111. The smallest absolute Gasteiger partial charge is 0.380 e. The summed E-state index contributed by atoms with van der Waals surface area (Å²) in [4.78, 5) is 0. The van der Waals surface area contributed by atoms with Crippen molar-refractivity contribution >= 4 is 24.8 Å². The third-order valence-electron chi connectivity index (χ3n) is 3.45. The predicted molar refractivity (Wildman–Crippen MR) is 70.9 cm³/mol. The van der Waals surface area contributed by atoms with E-state index >= 15 is 0 Å². The fraction of sp³-hybridized carbons (Fsp3) is 1.00. The van der Waals surface area contributed by atoms with Gasteiger partial charge in [0, 0.05) is 37.8 Å². The van der Waals surface area contributed by atoms with E-state index in [4.69, 9.17) is 21.7 Å². The lowest BCUT2D eigenvalue weighted by Crippen LogP contribution is -2.60. The van der Waals surface area contributed by atoms with Gasteiger partial charge >= 0.3 is 12.4 Å². The van der Waals surface area contributed by atoms with Crippen LogP contribution in [0.15, 0.2) is 0 Å². The second-order valence-corrected chi connectivity index (χ2v) is 5.40. The minimum Gasteiger partial charge on any atom is -0.380 e. The van der Waals surface area contributed by atoms with E-state index in [2.05, 4.69) is 0 Å². The molecule has 0 aromatic heterocycles. The van der Waals surface area contributed by atoms with Gasteiger partial charge in [-0.3, -0.25) is 0 Å². The highest BCUT2D eigenvalue weighted by Crippen LogP contribution is 2.44. The standard InChI is InChI=1S/2C5H8F3NO.2ClH/c2*6-5(7,8)4(10)1-3(9)2-4;;/h2*3,10H,1-2,9H2;2*1H. The Kier molecular flexibility index (Phi) is 8.01. The molecule has 0 radical (unpaired) electrons. The van der Waals surface area contributed by atoms with Crippen LogP contribution >= 0.6 is 24.8 Å². The lowest BCUT2D eigenvalue weighted by molar-refractivity contribution is -0.289. The first kappa shape index (κ1) is 24.3. The molecule has 0 amide bonds. The minimum absolute atomic E-state index is 0. The van der Waals surface area contributed by atoms with Crippen LogP contribution in [0.4, 0.5) is 26.3 Å². The fourth-order valence-corrected chi connectivity index (χ4v) is 2.08. The number of hydrogen-bond acceptors (Lipinski definition) is 4. The molecular formula is C10H18Cl2F6N2O2. The molecule has 0 atom stereocenters. The lowest BCUT2D eigenvalue weighted by Gasteiger charge is -2.42. The van der Waals surface area contributed by atoms with Gasteiger partial charge in [0.1, 0.15) is 0 Å². The number of nitrogens with two attached hydrogens (primary N) is 2. The largest absolute Gasteiger partial charge is 0.417 e. The monoisotopic (exact) mass is 382 g/mol. The third kappa shape index (κ3) is 5.00. The molecule has 2 saturated carbocycles. The maximum Gasteiger partial charge on any atom is 0.417 e. The fourth-order valence-electron chi connectivity index (χ4n) is 2.08. The van der Waals surface area contributed by atoms with Gasteiger partial charge < -0.3 is 21.7 Å². The molecule has 2 fully saturated rings. The van der Waals surface area contributed by atoms with E-state index in [-0.39, 0.29) is 50.5 Å². The van der Waals surface area contributed by atoms with Crippen LogP contribution in [-0.4, -0.2) is 45.9 Å². The van der Waals surface area contributed by atoms with Gasteiger partial charge in [0.25, 0.3) is 0 Å². The average molecular weight is 383 g/mol. The summed E-state index contributed by atoms with van der Waals surface area (Å²) in [7, 11) is 0. The highest BCUT2D eigenvalue weighted by Gasteiger charge is 2.61. The van der Waals surface area contributed by atoms with Crippen LogP contribution in [0.25, 0.3) is 0 Å². The van der Waals surface area contributed by atoms with Crippen LogP contribution in [0.1, 0.15) is 25.7 Å². The van der Waals surface area contributed by atoms with Crippen LogP contribution in [-0.2, 0) is 0 Å². The summed E-state index contributed by atoms with van der Waals surface area (Å²) in [6, 6.07) is -0.988. The van der Waals surface area contributed by atoms with E-state index in [9.17, 15) is 26.3 Å². The van der Waals surface area contributed by atoms with Crippen LogP contribution in [0.2, 0.25) is 0 Å². The first-order valence-corrected chi connectivity index (χ1v) is 5.79. The molecule has 4 nitrogen and oxygen atoms in total.